The van der Waals surface area contributed by atoms with Crippen molar-refractivity contribution in [1.82, 2.24) is 14.6 Å². The molecule has 0 radical (unpaired) electrons. The summed E-state index contributed by atoms with van der Waals surface area (Å²) in [5.41, 5.74) is 2.30. The summed E-state index contributed by atoms with van der Waals surface area (Å²) in [6, 6.07) is 10.7. The predicted octanol–water partition coefficient (Wildman–Crippen LogP) is 2.81. The number of carbonyl (C=O) groups is 3. The number of nitrogens with one attached hydrogen (secondary N) is 1. The molecular weight excluding hydrogens is 546 g/mol. The van der Waals surface area contributed by atoms with Crippen molar-refractivity contribution in [2.24, 2.45) is 5.92 Å². The number of nitriles is 1. The van der Waals surface area contributed by atoms with E-state index in [9.17, 15) is 28.1 Å². The molecule has 4 rings (SSSR count). The van der Waals surface area contributed by atoms with E-state index in [2.05, 4.69) is 10.8 Å². The van der Waals surface area contributed by atoms with Crippen molar-refractivity contribution in [3.63, 3.8) is 0 Å². The molecule has 2 fully saturated rings. The third-order valence-corrected chi connectivity index (χ3v) is 8.58. The molecule has 1 aromatic heterocycles. The lowest BCUT2D eigenvalue weighted by atomic mass is 9.96. The highest BCUT2D eigenvalue weighted by atomic mass is 32.2. The van der Waals surface area contributed by atoms with E-state index in [1.807, 2.05) is 24.0 Å². The summed E-state index contributed by atoms with van der Waals surface area (Å²) in [7, 11) is -3.86. The fourth-order valence-electron chi connectivity index (χ4n) is 5.11. The standard InChI is InChI=1S/C29H35N5O6S/c1-3-40-29(37)24-16-23(17-30)27(31-25(24)18-34-13-5-4-6-26(34)35)33-14-11-22(12-15-33)28(36)32-41(38,39)19-21-9-7-20(2)8-10-21/h7-10,16,22H,3-6,11-15,18-19H2,1-2H3,(H,32,36). The number of anilines is 1. The minimum atomic E-state index is -3.86. The number of nitrogens with zero attached hydrogens (tertiary/aromatic N) is 4. The predicted molar refractivity (Wildman–Crippen MR) is 151 cm³/mol. The molecule has 2 saturated heterocycles. The summed E-state index contributed by atoms with van der Waals surface area (Å²) in [6.07, 6.45) is 2.84. The molecule has 0 unspecified atom stereocenters. The van der Waals surface area contributed by atoms with Gasteiger partial charge in [-0.15, -0.1) is 0 Å². The first-order chi connectivity index (χ1) is 19.6. The molecule has 3 heterocycles. The van der Waals surface area contributed by atoms with Crippen LogP contribution in [0.3, 0.4) is 0 Å². The van der Waals surface area contributed by atoms with Crippen LogP contribution >= 0.6 is 0 Å². The zero-order valence-corrected chi connectivity index (χ0v) is 24.2. The summed E-state index contributed by atoms with van der Waals surface area (Å²) in [4.78, 5) is 46.3. The van der Waals surface area contributed by atoms with Gasteiger partial charge in [0.15, 0.2) is 0 Å². The van der Waals surface area contributed by atoms with Crippen molar-refractivity contribution < 1.29 is 27.5 Å². The number of benzene rings is 1. The molecule has 2 aliphatic rings. The average molecular weight is 582 g/mol. The minimum absolute atomic E-state index is 0.0112. The lowest BCUT2D eigenvalue weighted by Crippen LogP contribution is -2.43. The van der Waals surface area contributed by atoms with Crippen LogP contribution < -0.4 is 9.62 Å². The van der Waals surface area contributed by atoms with E-state index in [-0.39, 0.29) is 35.9 Å². The van der Waals surface area contributed by atoms with Crippen LogP contribution in [0.15, 0.2) is 30.3 Å². The quantitative estimate of drug-likeness (QED) is 0.441. The molecule has 218 valence electrons. The number of rotatable bonds is 9. The number of hydrogen-bond acceptors (Lipinski definition) is 9. The van der Waals surface area contributed by atoms with Gasteiger partial charge >= 0.3 is 5.97 Å². The van der Waals surface area contributed by atoms with E-state index in [4.69, 9.17) is 9.72 Å². The molecule has 12 heteroatoms. The summed E-state index contributed by atoms with van der Waals surface area (Å²) >= 11 is 0. The third kappa shape index (κ3) is 7.61. The number of pyridine rings is 1. The topological polar surface area (TPSA) is 150 Å². The van der Waals surface area contributed by atoms with Crippen LogP contribution in [0.25, 0.3) is 0 Å². The minimum Gasteiger partial charge on any atom is -0.462 e. The SMILES string of the molecule is CCOC(=O)c1cc(C#N)c(N2CCC(C(=O)NS(=O)(=O)Cc3ccc(C)cc3)CC2)nc1CN1CCCCC1=O. The monoisotopic (exact) mass is 581 g/mol. The molecule has 1 aromatic carbocycles. The molecule has 0 saturated carbocycles. The largest absolute Gasteiger partial charge is 0.462 e. The smallest absolute Gasteiger partial charge is 0.340 e. The number of aromatic nitrogens is 1. The Kier molecular flexibility index (Phi) is 9.60. The van der Waals surface area contributed by atoms with Crippen LogP contribution in [0.5, 0.6) is 0 Å². The van der Waals surface area contributed by atoms with Crippen molar-refractivity contribution >= 4 is 33.6 Å². The summed E-state index contributed by atoms with van der Waals surface area (Å²) in [6.45, 7) is 5.16. The molecule has 41 heavy (non-hydrogen) atoms. The Hall–Kier alpha value is -3.98. The van der Waals surface area contributed by atoms with Crippen molar-refractivity contribution in [2.45, 2.75) is 58.2 Å². The Morgan fingerprint density at radius 1 is 1.15 bits per heavy atom. The molecular formula is C29H35N5O6S. The van der Waals surface area contributed by atoms with E-state index < -0.39 is 27.8 Å². The zero-order valence-electron chi connectivity index (χ0n) is 23.4. The maximum absolute atomic E-state index is 12.8. The van der Waals surface area contributed by atoms with E-state index in [1.165, 1.54) is 6.07 Å². The zero-order chi connectivity index (χ0) is 29.6. The molecule has 0 spiro atoms. The molecule has 11 nitrogen and oxygen atoms in total. The van der Waals surface area contributed by atoms with Gasteiger partial charge in [-0.05, 0) is 51.2 Å². The number of aryl methyl sites for hydroxylation is 1. The van der Waals surface area contributed by atoms with Gasteiger partial charge in [0, 0.05) is 32.0 Å². The Bertz CT molecular complexity index is 1440. The molecule has 1 N–H and O–H groups in total. The number of hydrogen-bond donors (Lipinski definition) is 1. The van der Waals surface area contributed by atoms with Crippen LogP contribution in [0, 0.1) is 24.2 Å². The van der Waals surface area contributed by atoms with Gasteiger partial charge in [0.1, 0.15) is 11.9 Å². The molecule has 2 aliphatic heterocycles. The number of amides is 2. The highest BCUT2D eigenvalue weighted by Gasteiger charge is 2.31. The molecule has 0 atom stereocenters. The second-order valence-electron chi connectivity index (χ2n) is 10.4. The summed E-state index contributed by atoms with van der Waals surface area (Å²) in [5, 5.41) is 9.88. The van der Waals surface area contributed by atoms with Gasteiger partial charge in [-0.1, -0.05) is 29.8 Å². The Balaban J connectivity index is 1.47. The van der Waals surface area contributed by atoms with Crippen molar-refractivity contribution in [3.8, 4) is 6.07 Å². The first-order valence-corrected chi connectivity index (χ1v) is 15.5. The van der Waals surface area contributed by atoms with Crippen molar-refractivity contribution in [1.29, 1.82) is 5.26 Å². The van der Waals surface area contributed by atoms with Crippen LogP contribution in [0.4, 0.5) is 5.82 Å². The van der Waals surface area contributed by atoms with Gasteiger partial charge in [-0.3, -0.25) is 14.3 Å². The average Bonchev–Trinajstić information content (AvgIpc) is 2.95. The molecule has 2 aromatic rings. The summed E-state index contributed by atoms with van der Waals surface area (Å²) in [5.74, 6) is -1.61. The number of piperidine rings is 2. The Morgan fingerprint density at radius 3 is 2.49 bits per heavy atom. The first-order valence-electron chi connectivity index (χ1n) is 13.8. The number of likely N-dealkylation sites (tertiary alicyclic amines) is 1. The molecule has 2 amide bonds. The second-order valence-corrected chi connectivity index (χ2v) is 12.2. The van der Waals surface area contributed by atoms with Gasteiger partial charge in [0.25, 0.3) is 0 Å². The third-order valence-electron chi connectivity index (χ3n) is 7.36. The Morgan fingerprint density at radius 2 is 1.85 bits per heavy atom. The Labute approximate surface area is 240 Å². The molecule has 0 aliphatic carbocycles. The van der Waals surface area contributed by atoms with Gasteiger partial charge in [0.2, 0.25) is 21.8 Å². The van der Waals surface area contributed by atoms with Gasteiger partial charge in [-0.25, -0.2) is 18.2 Å². The van der Waals surface area contributed by atoms with E-state index in [1.54, 1.807) is 24.0 Å². The van der Waals surface area contributed by atoms with Gasteiger partial charge in [-0.2, -0.15) is 5.26 Å². The fourth-order valence-corrected chi connectivity index (χ4v) is 6.29. The lowest BCUT2D eigenvalue weighted by Gasteiger charge is -2.33. The second kappa shape index (κ2) is 13.1. The fraction of sp³-hybridized carbons (Fsp3) is 0.483. The van der Waals surface area contributed by atoms with E-state index in [0.29, 0.717) is 56.0 Å². The summed E-state index contributed by atoms with van der Waals surface area (Å²) < 4.78 is 32.6. The van der Waals surface area contributed by atoms with Crippen molar-refractivity contribution in [3.05, 3.63) is 58.3 Å². The van der Waals surface area contributed by atoms with E-state index in [0.717, 1.165) is 18.4 Å². The van der Waals surface area contributed by atoms with Crippen LogP contribution in [0.2, 0.25) is 0 Å². The number of carbonyl (C=O) groups excluding carboxylic acids is 3. The maximum atomic E-state index is 12.8. The first kappa shape index (κ1) is 30.0. The van der Waals surface area contributed by atoms with E-state index >= 15 is 0 Å². The normalized spacial score (nSPS) is 16.3. The van der Waals surface area contributed by atoms with Gasteiger partial charge < -0.3 is 14.5 Å². The lowest BCUT2D eigenvalue weighted by molar-refractivity contribution is -0.134. The van der Waals surface area contributed by atoms with Crippen LogP contribution in [0.1, 0.15) is 71.8 Å². The number of ether oxygens (including phenoxy) is 1. The number of esters is 1. The highest BCUT2D eigenvalue weighted by molar-refractivity contribution is 7.89. The van der Waals surface area contributed by atoms with Crippen LogP contribution in [-0.2, 0) is 36.6 Å². The highest BCUT2D eigenvalue weighted by Crippen LogP contribution is 2.28. The molecule has 0 bridgehead atoms. The van der Waals surface area contributed by atoms with Crippen molar-refractivity contribution in [2.75, 3.05) is 31.1 Å². The maximum Gasteiger partial charge on any atom is 0.340 e. The van der Waals surface area contributed by atoms with Gasteiger partial charge in [0.05, 0.1) is 35.7 Å². The van der Waals surface area contributed by atoms with Crippen LogP contribution in [-0.4, -0.2) is 62.3 Å². The number of sulfonamides is 1.